The molecule has 1 amide bonds. The van der Waals surface area contributed by atoms with Crippen molar-refractivity contribution < 1.29 is 9.53 Å². The molecule has 6 heteroatoms. The summed E-state index contributed by atoms with van der Waals surface area (Å²) in [4.78, 5) is 15.2. The van der Waals surface area contributed by atoms with Gasteiger partial charge in [0.05, 0.1) is 5.69 Å². The highest BCUT2D eigenvalue weighted by Gasteiger charge is 2.26. The summed E-state index contributed by atoms with van der Waals surface area (Å²) >= 11 is 0. The van der Waals surface area contributed by atoms with Crippen LogP contribution in [0, 0.1) is 11.3 Å². The van der Waals surface area contributed by atoms with Crippen LogP contribution in [-0.4, -0.2) is 11.4 Å². The third kappa shape index (κ3) is 1.96. The SMILES string of the molecule is N#Cc1c(N)nc2c(c1NC=O)Cc1c(ccc3ccccc13)O2. The number of hydrogen-bond donors (Lipinski definition) is 2. The van der Waals surface area contributed by atoms with E-state index in [4.69, 9.17) is 10.5 Å². The smallest absolute Gasteiger partial charge is 0.226 e. The topological polar surface area (TPSA) is 101 Å². The van der Waals surface area contributed by atoms with Crippen molar-refractivity contribution in [3.05, 3.63) is 53.1 Å². The standard InChI is InChI=1S/C18H12N4O2/c19-8-14-16(21-9-23)13-7-12-11-4-2-1-3-10(11)5-6-15(12)24-18(13)22-17(14)20/h1-6,9H,7H2,(H3,20,21,22,23). The number of aromatic nitrogens is 1. The summed E-state index contributed by atoms with van der Waals surface area (Å²) in [5.74, 6) is 1.05. The Morgan fingerprint density at radius 3 is 2.88 bits per heavy atom. The molecule has 1 aliphatic rings. The lowest BCUT2D eigenvalue weighted by molar-refractivity contribution is -0.105. The number of hydrogen-bond acceptors (Lipinski definition) is 5. The number of amides is 1. The summed E-state index contributed by atoms with van der Waals surface area (Å²) in [5, 5.41) is 14.1. The highest BCUT2D eigenvalue weighted by Crippen LogP contribution is 2.43. The average Bonchev–Trinajstić information content (AvgIpc) is 2.60. The normalized spacial score (nSPS) is 11.8. The lowest BCUT2D eigenvalue weighted by Gasteiger charge is -2.23. The minimum atomic E-state index is 0.0323. The molecule has 0 aliphatic carbocycles. The highest BCUT2D eigenvalue weighted by molar-refractivity contribution is 5.90. The predicted molar refractivity (Wildman–Crippen MR) is 89.9 cm³/mol. The number of nitrogen functional groups attached to an aromatic ring is 1. The Hall–Kier alpha value is -3.59. The van der Waals surface area contributed by atoms with Crippen LogP contribution in [0.3, 0.4) is 0 Å². The Balaban J connectivity index is 1.97. The Morgan fingerprint density at radius 2 is 2.08 bits per heavy atom. The summed E-state index contributed by atoms with van der Waals surface area (Å²) in [5.41, 5.74) is 7.97. The lowest BCUT2D eigenvalue weighted by Crippen LogP contribution is -2.13. The number of pyridine rings is 1. The molecule has 0 bridgehead atoms. The number of nitrogens with zero attached hydrogens (tertiary/aromatic N) is 2. The molecule has 2 aromatic carbocycles. The van der Waals surface area contributed by atoms with Gasteiger partial charge in [-0.2, -0.15) is 10.2 Å². The Bertz CT molecular complexity index is 1040. The van der Waals surface area contributed by atoms with E-state index in [1.54, 1.807) is 0 Å². The largest absolute Gasteiger partial charge is 0.438 e. The number of carbonyl (C=O) groups is 1. The second kappa shape index (κ2) is 5.25. The van der Waals surface area contributed by atoms with E-state index in [2.05, 4.69) is 10.3 Å². The molecule has 1 aromatic heterocycles. The number of nitrogens with one attached hydrogen (secondary N) is 1. The van der Waals surface area contributed by atoms with E-state index in [0.29, 0.717) is 35.7 Å². The average molecular weight is 316 g/mol. The van der Waals surface area contributed by atoms with Gasteiger partial charge in [0.1, 0.15) is 23.2 Å². The van der Waals surface area contributed by atoms with Crippen molar-refractivity contribution in [1.82, 2.24) is 4.98 Å². The molecule has 2 heterocycles. The monoisotopic (exact) mass is 316 g/mol. The number of carbonyl (C=O) groups excluding carboxylic acids is 1. The van der Waals surface area contributed by atoms with Crippen LogP contribution in [0.15, 0.2) is 36.4 Å². The van der Waals surface area contributed by atoms with E-state index in [1.165, 1.54) is 0 Å². The first-order valence-electron chi connectivity index (χ1n) is 7.34. The number of anilines is 2. The van der Waals surface area contributed by atoms with Gasteiger partial charge in [-0.15, -0.1) is 0 Å². The fourth-order valence-corrected chi connectivity index (χ4v) is 3.07. The molecule has 0 unspecified atom stereocenters. The van der Waals surface area contributed by atoms with E-state index >= 15 is 0 Å². The van der Waals surface area contributed by atoms with Crippen molar-refractivity contribution in [2.75, 3.05) is 11.1 Å². The van der Waals surface area contributed by atoms with Gasteiger partial charge in [0.25, 0.3) is 0 Å². The minimum Gasteiger partial charge on any atom is -0.438 e. The molecular weight excluding hydrogens is 304 g/mol. The van der Waals surface area contributed by atoms with Gasteiger partial charge in [0.15, 0.2) is 0 Å². The van der Waals surface area contributed by atoms with Crippen LogP contribution in [-0.2, 0) is 11.2 Å². The van der Waals surface area contributed by atoms with Crippen molar-refractivity contribution in [2.45, 2.75) is 6.42 Å². The summed E-state index contributed by atoms with van der Waals surface area (Å²) in [6.07, 6.45) is 1.01. The number of rotatable bonds is 2. The first-order valence-corrected chi connectivity index (χ1v) is 7.34. The molecule has 0 atom stereocenters. The first kappa shape index (κ1) is 14.0. The van der Waals surface area contributed by atoms with Crippen LogP contribution >= 0.6 is 0 Å². The maximum Gasteiger partial charge on any atom is 0.226 e. The second-order valence-electron chi connectivity index (χ2n) is 5.45. The van der Waals surface area contributed by atoms with Crippen LogP contribution < -0.4 is 15.8 Å². The predicted octanol–water partition coefficient (Wildman–Crippen LogP) is 2.95. The number of nitriles is 1. The van der Waals surface area contributed by atoms with E-state index < -0.39 is 0 Å². The molecule has 3 aromatic rings. The Labute approximate surface area is 137 Å². The summed E-state index contributed by atoms with van der Waals surface area (Å²) in [6, 6.07) is 13.9. The molecule has 0 spiro atoms. The number of nitrogens with two attached hydrogens (primary N) is 1. The Morgan fingerprint density at radius 1 is 1.25 bits per heavy atom. The zero-order valence-corrected chi connectivity index (χ0v) is 12.5. The van der Waals surface area contributed by atoms with Gasteiger partial charge in [-0.1, -0.05) is 30.3 Å². The first-order chi connectivity index (χ1) is 11.7. The molecular formula is C18H12N4O2. The third-order valence-corrected chi connectivity index (χ3v) is 4.16. The van der Waals surface area contributed by atoms with Crippen molar-refractivity contribution >= 4 is 28.7 Å². The van der Waals surface area contributed by atoms with Crippen molar-refractivity contribution in [2.24, 2.45) is 0 Å². The summed E-state index contributed by atoms with van der Waals surface area (Å²) in [7, 11) is 0. The lowest BCUT2D eigenvalue weighted by atomic mass is 9.94. The molecule has 116 valence electrons. The van der Waals surface area contributed by atoms with E-state index in [9.17, 15) is 10.1 Å². The number of ether oxygens (including phenoxy) is 1. The van der Waals surface area contributed by atoms with Gasteiger partial charge in [0.2, 0.25) is 12.3 Å². The zero-order chi connectivity index (χ0) is 16.7. The molecule has 1 aliphatic heterocycles. The van der Waals surface area contributed by atoms with Gasteiger partial charge in [-0.05, 0) is 16.8 Å². The molecule has 6 nitrogen and oxygen atoms in total. The third-order valence-electron chi connectivity index (χ3n) is 4.16. The molecule has 4 rings (SSSR count). The van der Waals surface area contributed by atoms with Crippen LogP contribution in [0.5, 0.6) is 11.6 Å². The van der Waals surface area contributed by atoms with Gasteiger partial charge < -0.3 is 15.8 Å². The summed E-state index contributed by atoms with van der Waals surface area (Å²) < 4.78 is 5.90. The van der Waals surface area contributed by atoms with Crippen molar-refractivity contribution in [3.63, 3.8) is 0 Å². The van der Waals surface area contributed by atoms with Crippen LogP contribution in [0.1, 0.15) is 16.7 Å². The molecule has 24 heavy (non-hydrogen) atoms. The number of benzene rings is 2. The van der Waals surface area contributed by atoms with Crippen LogP contribution in [0.2, 0.25) is 0 Å². The van der Waals surface area contributed by atoms with Crippen LogP contribution in [0.25, 0.3) is 10.8 Å². The quantitative estimate of drug-likeness (QED) is 0.554. The Kier molecular flexibility index (Phi) is 3.07. The zero-order valence-electron chi connectivity index (χ0n) is 12.5. The maximum atomic E-state index is 11.0. The molecule has 0 saturated heterocycles. The van der Waals surface area contributed by atoms with Gasteiger partial charge in [-0.3, -0.25) is 4.79 Å². The van der Waals surface area contributed by atoms with Crippen molar-refractivity contribution in [1.29, 1.82) is 5.26 Å². The van der Waals surface area contributed by atoms with Gasteiger partial charge in [0, 0.05) is 17.5 Å². The molecule has 0 radical (unpaired) electrons. The van der Waals surface area contributed by atoms with Gasteiger partial charge in [-0.25, -0.2) is 0 Å². The molecule has 0 fully saturated rings. The second-order valence-corrected chi connectivity index (χ2v) is 5.45. The van der Waals surface area contributed by atoms with Gasteiger partial charge >= 0.3 is 0 Å². The molecule has 0 saturated carbocycles. The summed E-state index contributed by atoms with van der Waals surface area (Å²) in [6.45, 7) is 0. The highest BCUT2D eigenvalue weighted by atomic mass is 16.5. The number of fused-ring (bicyclic) bond motifs is 4. The maximum absolute atomic E-state index is 11.0. The fraction of sp³-hybridized carbons (Fsp3) is 0.0556. The fourth-order valence-electron chi connectivity index (χ4n) is 3.07. The minimum absolute atomic E-state index is 0.0323. The molecule has 3 N–H and O–H groups in total. The van der Waals surface area contributed by atoms with E-state index in [1.807, 2.05) is 42.5 Å². The van der Waals surface area contributed by atoms with E-state index in [-0.39, 0.29) is 11.4 Å². The van der Waals surface area contributed by atoms with Crippen LogP contribution in [0.4, 0.5) is 11.5 Å². The van der Waals surface area contributed by atoms with E-state index in [0.717, 1.165) is 16.3 Å². The van der Waals surface area contributed by atoms with Crippen molar-refractivity contribution in [3.8, 4) is 17.7 Å².